The average Bonchev–Trinajstić information content (AvgIpc) is 3.15. The van der Waals surface area contributed by atoms with Gasteiger partial charge in [-0.2, -0.15) is 0 Å². The molecule has 0 aromatic rings. The molecule has 0 amide bonds. The highest BCUT2D eigenvalue weighted by molar-refractivity contribution is 7.90. The summed E-state index contributed by atoms with van der Waals surface area (Å²) in [5.41, 5.74) is -0.262. The molecule has 0 aliphatic heterocycles. The number of rotatable bonds is 10. The number of sulfone groups is 1. The van der Waals surface area contributed by atoms with Crippen LogP contribution in [0, 0.1) is 5.92 Å². The molecule has 1 fully saturated rings. The van der Waals surface area contributed by atoms with Crippen LogP contribution in [-0.2, 0) is 9.84 Å². The maximum absolute atomic E-state index is 11.2. The summed E-state index contributed by atoms with van der Waals surface area (Å²) in [7, 11) is -1.01. The SMILES string of the molecule is CCCNC(CO)(CN(C)CCS(C)(=O)=O)C1CC1. The Morgan fingerprint density at radius 3 is 2.47 bits per heavy atom. The molecule has 6 heteroatoms. The molecule has 1 atom stereocenters. The number of likely N-dealkylation sites (N-methyl/N-ethyl adjacent to an activating group) is 1. The zero-order valence-electron chi connectivity index (χ0n) is 12.4. The van der Waals surface area contributed by atoms with Crippen LogP contribution in [0.2, 0.25) is 0 Å². The number of hydrogen-bond donors (Lipinski definition) is 2. The molecule has 0 spiro atoms. The summed E-state index contributed by atoms with van der Waals surface area (Å²) in [6.45, 7) is 4.32. The molecule has 0 bridgehead atoms. The van der Waals surface area contributed by atoms with Gasteiger partial charge in [0.25, 0.3) is 0 Å². The van der Waals surface area contributed by atoms with Gasteiger partial charge in [0, 0.05) is 19.3 Å². The van der Waals surface area contributed by atoms with Crippen molar-refractivity contribution in [1.82, 2.24) is 10.2 Å². The number of nitrogens with one attached hydrogen (secondary N) is 1. The van der Waals surface area contributed by atoms with Crippen molar-refractivity contribution in [3.05, 3.63) is 0 Å². The van der Waals surface area contributed by atoms with Gasteiger partial charge in [-0.25, -0.2) is 8.42 Å². The van der Waals surface area contributed by atoms with Crippen molar-refractivity contribution >= 4 is 9.84 Å². The molecule has 1 aliphatic rings. The van der Waals surface area contributed by atoms with Crippen molar-refractivity contribution in [2.45, 2.75) is 31.7 Å². The van der Waals surface area contributed by atoms with E-state index < -0.39 is 9.84 Å². The van der Waals surface area contributed by atoms with Crippen LogP contribution in [0.25, 0.3) is 0 Å². The van der Waals surface area contributed by atoms with Gasteiger partial charge >= 0.3 is 0 Å². The number of aliphatic hydroxyl groups excluding tert-OH is 1. The van der Waals surface area contributed by atoms with E-state index in [-0.39, 0.29) is 17.9 Å². The minimum absolute atomic E-state index is 0.112. The smallest absolute Gasteiger partial charge is 0.148 e. The molecule has 0 heterocycles. The molecule has 0 aromatic heterocycles. The van der Waals surface area contributed by atoms with E-state index in [2.05, 4.69) is 12.2 Å². The fourth-order valence-electron chi connectivity index (χ4n) is 2.46. The summed E-state index contributed by atoms with van der Waals surface area (Å²) in [5, 5.41) is 13.3. The maximum atomic E-state index is 11.2. The molecule has 1 aliphatic carbocycles. The second-order valence-corrected chi connectivity index (χ2v) is 8.14. The van der Waals surface area contributed by atoms with Gasteiger partial charge < -0.3 is 15.3 Å². The van der Waals surface area contributed by atoms with Crippen molar-refractivity contribution in [2.24, 2.45) is 5.92 Å². The van der Waals surface area contributed by atoms with Gasteiger partial charge in [0.1, 0.15) is 9.84 Å². The molecule has 0 radical (unpaired) electrons. The van der Waals surface area contributed by atoms with E-state index in [4.69, 9.17) is 0 Å². The van der Waals surface area contributed by atoms with E-state index in [1.165, 1.54) is 6.26 Å². The number of aliphatic hydroxyl groups is 1. The summed E-state index contributed by atoms with van der Waals surface area (Å²) in [6.07, 6.45) is 4.59. The Morgan fingerprint density at radius 1 is 1.42 bits per heavy atom. The van der Waals surface area contributed by atoms with Gasteiger partial charge in [-0.05, 0) is 38.8 Å². The lowest BCUT2D eigenvalue weighted by Crippen LogP contribution is -2.58. The van der Waals surface area contributed by atoms with Gasteiger partial charge in [0.05, 0.1) is 17.9 Å². The summed E-state index contributed by atoms with van der Waals surface area (Å²) < 4.78 is 22.4. The van der Waals surface area contributed by atoms with Gasteiger partial charge in [0.2, 0.25) is 0 Å². The standard InChI is InChI=1S/C13H28N2O3S/c1-4-7-14-13(11-16,12-5-6-12)10-15(2)8-9-19(3,17)18/h12,14,16H,4-11H2,1-3H3. The Balaban J connectivity index is 2.56. The van der Waals surface area contributed by atoms with Gasteiger partial charge in [-0.3, -0.25) is 0 Å². The fourth-order valence-corrected chi connectivity index (χ4v) is 3.10. The predicted molar refractivity (Wildman–Crippen MR) is 78.0 cm³/mol. The first-order valence-corrected chi connectivity index (χ1v) is 9.11. The summed E-state index contributed by atoms with van der Waals surface area (Å²) in [5.74, 6) is 0.688. The molecule has 1 saturated carbocycles. The molecule has 19 heavy (non-hydrogen) atoms. The Kier molecular flexibility index (Phi) is 6.23. The third-order valence-electron chi connectivity index (χ3n) is 3.76. The van der Waals surface area contributed by atoms with Crippen molar-refractivity contribution < 1.29 is 13.5 Å². The van der Waals surface area contributed by atoms with E-state index in [1.54, 1.807) is 0 Å². The van der Waals surface area contributed by atoms with Gasteiger partial charge in [-0.15, -0.1) is 0 Å². The minimum Gasteiger partial charge on any atom is -0.394 e. The van der Waals surface area contributed by atoms with E-state index in [0.717, 1.165) is 25.8 Å². The van der Waals surface area contributed by atoms with Crippen LogP contribution in [-0.4, -0.2) is 69.3 Å². The highest BCUT2D eigenvalue weighted by Gasteiger charge is 2.44. The van der Waals surface area contributed by atoms with Crippen molar-refractivity contribution in [3.8, 4) is 0 Å². The van der Waals surface area contributed by atoms with Crippen LogP contribution in [0.4, 0.5) is 0 Å². The molecule has 0 saturated heterocycles. The first kappa shape index (κ1) is 16.9. The monoisotopic (exact) mass is 292 g/mol. The topological polar surface area (TPSA) is 69.6 Å². The van der Waals surface area contributed by atoms with Crippen LogP contribution in [0.3, 0.4) is 0 Å². The van der Waals surface area contributed by atoms with Crippen molar-refractivity contribution in [1.29, 1.82) is 0 Å². The van der Waals surface area contributed by atoms with Crippen LogP contribution >= 0.6 is 0 Å². The third-order valence-corrected chi connectivity index (χ3v) is 4.69. The third kappa shape index (κ3) is 5.77. The summed E-state index contributed by atoms with van der Waals surface area (Å²) >= 11 is 0. The first-order chi connectivity index (χ1) is 8.83. The molecule has 1 unspecified atom stereocenters. The Hall–Kier alpha value is -0.170. The largest absolute Gasteiger partial charge is 0.394 e. The van der Waals surface area contributed by atoms with Crippen LogP contribution in [0.1, 0.15) is 26.2 Å². The second kappa shape index (κ2) is 7.02. The molecule has 1 rings (SSSR count). The highest BCUT2D eigenvalue weighted by Crippen LogP contribution is 2.40. The summed E-state index contributed by atoms with van der Waals surface area (Å²) in [6, 6.07) is 0. The van der Waals surface area contributed by atoms with Crippen molar-refractivity contribution in [3.63, 3.8) is 0 Å². The lowest BCUT2D eigenvalue weighted by Gasteiger charge is -2.37. The van der Waals surface area contributed by atoms with Gasteiger partial charge in [0.15, 0.2) is 0 Å². The Bertz CT molecular complexity index is 368. The van der Waals surface area contributed by atoms with E-state index >= 15 is 0 Å². The molecule has 5 nitrogen and oxygen atoms in total. The lowest BCUT2D eigenvalue weighted by atomic mass is 9.93. The van der Waals surface area contributed by atoms with Crippen LogP contribution < -0.4 is 5.32 Å². The second-order valence-electron chi connectivity index (χ2n) is 5.88. The molecular weight excluding hydrogens is 264 g/mol. The quantitative estimate of drug-likeness (QED) is 0.598. The Morgan fingerprint density at radius 2 is 2.05 bits per heavy atom. The fraction of sp³-hybridized carbons (Fsp3) is 1.00. The molecule has 114 valence electrons. The van der Waals surface area contributed by atoms with Crippen LogP contribution in [0.15, 0.2) is 0 Å². The zero-order chi connectivity index (χ0) is 14.5. The maximum Gasteiger partial charge on any atom is 0.148 e. The van der Waals surface area contributed by atoms with E-state index in [9.17, 15) is 13.5 Å². The first-order valence-electron chi connectivity index (χ1n) is 7.05. The highest BCUT2D eigenvalue weighted by atomic mass is 32.2. The molecule has 2 N–H and O–H groups in total. The predicted octanol–water partition coefficient (Wildman–Crippen LogP) is 0.104. The summed E-state index contributed by atoms with van der Waals surface area (Å²) in [4.78, 5) is 2.01. The van der Waals surface area contributed by atoms with Crippen LogP contribution in [0.5, 0.6) is 0 Å². The average molecular weight is 292 g/mol. The minimum atomic E-state index is -2.93. The lowest BCUT2D eigenvalue weighted by molar-refractivity contribution is 0.103. The Labute approximate surface area is 117 Å². The van der Waals surface area contributed by atoms with E-state index in [0.29, 0.717) is 19.0 Å². The van der Waals surface area contributed by atoms with E-state index in [1.807, 2.05) is 11.9 Å². The molecule has 0 aromatic carbocycles. The normalized spacial score (nSPS) is 19.6. The van der Waals surface area contributed by atoms with Gasteiger partial charge in [-0.1, -0.05) is 6.92 Å². The number of nitrogens with zero attached hydrogens (tertiary/aromatic N) is 1. The van der Waals surface area contributed by atoms with Crippen molar-refractivity contribution in [2.75, 3.05) is 45.3 Å². The number of hydrogen-bond acceptors (Lipinski definition) is 5. The zero-order valence-corrected chi connectivity index (χ0v) is 13.2. The molecular formula is C13H28N2O3S.